The number of carbonyl (C=O) groups excluding carboxylic acids is 2. The molecule has 10 heteroatoms. The number of aryl methyl sites for hydroxylation is 2. The minimum Gasteiger partial charge on any atom is -0.507 e. The van der Waals surface area contributed by atoms with Crippen molar-refractivity contribution < 1.29 is 19.6 Å². The maximum atomic E-state index is 13.0. The number of rotatable bonds is 5. The van der Waals surface area contributed by atoms with Gasteiger partial charge < -0.3 is 5.11 Å². The van der Waals surface area contributed by atoms with Crippen LogP contribution in [0.15, 0.2) is 54.1 Å². The molecule has 1 amide bonds. The fourth-order valence-electron chi connectivity index (χ4n) is 3.48. The maximum absolute atomic E-state index is 13.0. The van der Waals surface area contributed by atoms with Crippen molar-refractivity contribution in [2.45, 2.75) is 26.3 Å². The van der Waals surface area contributed by atoms with Crippen LogP contribution in [-0.4, -0.2) is 31.9 Å². The van der Waals surface area contributed by atoms with Gasteiger partial charge >= 0.3 is 5.91 Å². The Morgan fingerprint density at radius 3 is 2.34 bits per heavy atom. The third-order valence-electron chi connectivity index (χ3n) is 5.15. The summed E-state index contributed by atoms with van der Waals surface area (Å²) in [6.45, 7) is 3.78. The average Bonchev–Trinajstić information content (AvgIpc) is 3.36. The van der Waals surface area contributed by atoms with Crippen LogP contribution in [0.2, 0.25) is 0 Å². The van der Waals surface area contributed by atoms with E-state index in [1.807, 2.05) is 13.8 Å². The SMILES string of the molecule is CCc1nnc(N2C(=O)C(=O)/C(=C(/O)c3ccc(C)cc3)C2c2ccc([N+](=O)[O-])cc2)s1. The Morgan fingerprint density at radius 1 is 1.12 bits per heavy atom. The molecule has 1 atom stereocenters. The number of nitrogens with zero attached hydrogens (tertiary/aromatic N) is 4. The van der Waals surface area contributed by atoms with Gasteiger partial charge in [-0.15, -0.1) is 10.2 Å². The summed E-state index contributed by atoms with van der Waals surface area (Å²) in [6.07, 6.45) is 0.604. The van der Waals surface area contributed by atoms with Gasteiger partial charge in [0.2, 0.25) is 5.13 Å². The lowest BCUT2D eigenvalue weighted by Gasteiger charge is -2.22. The van der Waals surface area contributed by atoms with Gasteiger partial charge in [-0.2, -0.15) is 0 Å². The molecule has 0 spiro atoms. The third kappa shape index (κ3) is 3.65. The molecule has 9 nitrogen and oxygen atoms in total. The summed E-state index contributed by atoms with van der Waals surface area (Å²) in [6, 6.07) is 11.4. The predicted octanol–water partition coefficient (Wildman–Crippen LogP) is 3.94. The molecule has 1 aliphatic heterocycles. The monoisotopic (exact) mass is 450 g/mol. The first-order valence-electron chi connectivity index (χ1n) is 9.76. The normalized spacial score (nSPS) is 17.7. The molecule has 2 heterocycles. The number of hydrogen-bond donors (Lipinski definition) is 1. The molecule has 1 N–H and O–H groups in total. The minimum atomic E-state index is -1.00. The van der Waals surface area contributed by atoms with E-state index < -0.39 is 22.7 Å². The summed E-state index contributed by atoms with van der Waals surface area (Å²) < 4.78 is 0. The van der Waals surface area contributed by atoms with Gasteiger partial charge in [0.1, 0.15) is 10.8 Å². The lowest BCUT2D eigenvalue weighted by atomic mass is 9.95. The smallest absolute Gasteiger partial charge is 0.301 e. The molecule has 0 radical (unpaired) electrons. The van der Waals surface area contributed by atoms with E-state index in [0.717, 1.165) is 5.56 Å². The summed E-state index contributed by atoms with van der Waals surface area (Å²) >= 11 is 1.17. The molecule has 1 unspecified atom stereocenters. The molecule has 4 rings (SSSR count). The van der Waals surface area contributed by atoms with E-state index in [4.69, 9.17) is 0 Å². The van der Waals surface area contributed by atoms with Gasteiger partial charge in [0.15, 0.2) is 0 Å². The molecule has 1 fully saturated rings. The van der Waals surface area contributed by atoms with Crippen LogP contribution in [0.4, 0.5) is 10.8 Å². The Labute approximate surface area is 186 Å². The van der Waals surface area contributed by atoms with Crippen LogP contribution in [0.1, 0.15) is 34.7 Å². The number of carbonyl (C=O) groups is 2. The van der Waals surface area contributed by atoms with E-state index in [9.17, 15) is 24.8 Å². The Hall–Kier alpha value is -3.92. The van der Waals surface area contributed by atoms with E-state index in [2.05, 4.69) is 10.2 Å². The van der Waals surface area contributed by atoms with Crippen LogP contribution in [-0.2, 0) is 16.0 Å². The Balaban J connectivity index is 1.91. The first kappa shape index (κ1) is 21.3. The van der Waals surface area contributed by atoms with Crippen molar-refractivity contribution in [3.63, 3.8) is 0 Å². The van der Waals surface area contributed by atoms with Gasteiger partial charge in [-0.3, -0.25) is 24.6 Å². The number of Topliss-reactive ketones (excluding diaryl/α,β-unsaturated/α-hetero) is 1. The second-order valence-electron chi connectivity index (χ2n) is 7.22. The fourth-order valence-corrected chi connectivity index (χ4v) is 4.28. The van der Waals surface area contributed by atoms with Crippen molar-refractivity contribution in [2.24, 2.45) is 0 Å². The Bertz CT molecular complexity index is 1250. The number of non-ortho nitro benzene ring substituents is 1. The minimum absolute atomic E-state index is 0.110. The summed E-state index contributed by atoms with van der Waals surface area (Å²) in [7, 11) is 0. The van der Waals surface area contributed by atoms with Crippen molar-refractivity contribution in [3.8, 4) is 0 Å². The lowest BCUT2D eigenvalue weighted by molar-refractivity contribution is -0.384. The number of benzene rings is 2. The molecule has 1 saturated heterocycles. The zero-order chi connectivity index (χ0) is 23.0. The number of hydrogen-bond acceptors (Lipinski definition) is 8. The van der Waals surface area contributed by atoms with Crippen LogP contribution in [0.3, 0.4) is 0 Å². The second-order valence-corrected chi connectivity index (χ2v) is 8.26. The first-order valence-corrected chi connectivity index (χ1v) is 10.6. The van der Waals surface area contributed by atoms with Crippen LogP contribution < -0.4 is 4.90 Å². The highest BCUT2D eigenvalue weighted by molar-refractivity contribution is 7.15. The standard InChI is InChI=1S/C22H18N4O5S/c1-3-16-23-24-22(32-16)25-18(13-8-10-15(11-9-13)26(30)31)17(20(28)21(25)29)19(27)14-6-4-12(2)5-7-14/h4-11,18,27H,3H2,1-2H3/b19-17+. The summed E-state index contributed by atoms with van der Waals surface area (Å²) in [5.74, 6) is -2.03. The fraction of sp³-hybridized carbons (Fsp3) is 0.182. The number of anilines is 1. The van der Waals surface area contributed by atoms with E-state index in [0.29, 0.717) is 22.6 Å². The number of nitro benzene ring substituents is 1. The second kappa shape index (κ2) is 8.31. The molecule has 1 aromatic heterocycles. The van der Waals surface area contributed by atoms with Gasteiger partial charge in [-0.25, -0.2) is 0 Å². The zero-order valence-electron chi connectivity index (χ0n) is 17.2. The van der Waals surface area contributed by atoms with Gasteiger partial charge in [-0.05, 0) is 31.0 Å². The zero-order valence-corrected chi connectivity index (χ0v) is 18.0. The number of ketones is 1. The molecular formula is C22H18N4O5S. The molecule has 0 aliphatic carbocycles. The summed E-state index contributed by atoms with van der Waals surface area (Å²) in [5, 5.41) is 31.1. The van der Waals surface area contributed by atoms with Crippen LogP contribution in [0.25, 0.3) is 5.76 Å². The van der Waals surface area contributed by atoms with Crippen molar-refractivity contribution >= 4 is 39.6 Å². The van der Waals surface area contributed by atoms with Gasteiger partial charge in [-0.1, -0.05) is 48.1 Å². The van der Waals surface area contributed by atoms with Crippen LogP contribution in [0.5, 0.6) is 0 Å². The average molecular weight is 450 g/mol. The van der Waals surface area contributed by atoms with Crippen LogP contribution >= 0.6 is 11.3 Å². The van der Waals surface area contributed by atoms with E-state index in [1.54, 1.807) is 24.3 Å². The van der Waals surface area contributed by atoms with Crippen LogP contribution in [0, 0.1) is 17.0 Å². The molecule has 0 saturated carbocycles. The molecular weight excluding hydrogens is 432 g/mol. The first-order chi connectivity index (χ1) is 15.3. The lowest BCUT2D eigenvalue weighted by Crippen LogP contribution is -2.29. The summed E-state index contributed by atoms with van der Waals surface area (Å²) in [4.78, 5) is 37.8. The quantitative estimate of drug-likeness (QED) is 0.205. The highest BCUT2D eigenvalue weighted by Gasteiger charge is 2.48. The van der Waals surface area contributed by atoms with Gasteiger partial charge in [0.05, 0.1) is 16.5 Å². The van der Waals surface area contributed by atoms with E-state index >= 15 is 0 Å². The van der Waals surface area contributed by atoms with E-state index in [-0.39, 0.29) is 22.2 Å². The number of aliphatic hydroxyl groups excluding tert-OH is 1. The van der Waals surface area contributed by atoms with Gasteiger partial charge in [0.25, 0.3) is 11.5 Å². The molecule has 1 aliphatic rings. The number of aliphatic hydroxyl groups is 1. The summed E-state index contributed by atoms with van der Waals surface area (Å²) in [5.41, 5.74) is 1.54. The highest BCUT2D eigenvalue weighted by atomic mass is 32.1. The van der Waals surface area contributed by atoms with Crippen molar-refractivity contribution in [3.05, 3.63) is 85.9 Å². The van der Waals surface area contributed by atoms with Crippen molar-refractivity contribution in [1.82, 2.24) is 10.2 Å². The largest absolute Gasteiger partial charge is 0.507 e. The Kier molecular flexibility index (Phi) is 5.54. The number of amides is 1. The maximum Gasteiger partial charge on any atom is 0.301 e. The number of nitro groups is 1. The third-order valence-corrected chi connectivity index (χ3v) is 6.22. The van der Waals surface area contributed by atoms with Crippen molar-refractivity contribution in [2.75, 3.05) is 4.90 Å². The van der Waals surface area contributed by atoms with Gasteiger partial charge in [0, 0.05) is 17.7 Å². The van der Waals surface area contributed by atoms with Crippen molar-refractivity contribution in [1.29, 1.82) is 0 Å². The molecule has 2 aromatic carbocycles. The molecule has 162 valence electrons. The molecule has 32 heavy (non-hydrogen) atoms. The highest BCUT2D eigenvalue weighted by Crippen LogP contribution is 2.43. The molecule has 3 aromatic rings. The number of aromatic nitrogens is 2. The Morgan fingerprint density at radius 2 is 1.78 bits per heavy atom. The predicted molar refractivity (Wildman–Crippen MR) is 118 cm³/mol. The topological polar surface area (TPSA) is 127 Å². The molecule has 0 bridgehead atoms. The van der Waals surface area contributed by atoms with E-state index in [1.165, 1.54) is 40.5 Å².